The number of nitriles is 1. The number of nitrogens with zero attached hydrogens (tertiary/aromatic N) is 3. The van der Waals surface area contributed by atoms with Crippen molar-refractivity contribution in [2.24, 2.45) is 0 Å². The molecule has 0 saturated heterocycles. The van der Waals surface area contributed by atoms with Gasteiger partial charge in [0.25, 0.3) is 5.56 Å². The van der Waals surface area contributed by atoms with E-state index in [2.05, 4.69) is 21.5 Å². The highest BCUT2D eigenvalue weighted by Gasteiger charge is 2.19. The molecule has 5 rings (SSSR count). The molecule has 0 amide bonds. The molecular weight excluding hydrogens is 424 g/mol. The number of aromatic amines is 1. The van der Waals surface area contributed by atoms with Crippen molar-refractivity contribution >= 4 is 22.2 Å². The molecular formula is C25H17F2N5O. The Morgan fingerprint density at radius 1 is 1.09 bits per heavy atom. The lowest BCUT2D eigenvalue weighted by molar-refractivity contribution is 0.585. The second-order valence-electron chi connectivity index (χ2n) is 7.71. The number of H-pyrrole nitrogens is 1. The molecule has 2 N–H and O–H groups in total. The molecule has 0 atom stereocenters. The van der Waals surface area contributed by atoms with Crippen LogP contribution in [0.2, 0.25) is 0 Å². The van der Waals surface area contributed by atoms with Crippen LogP contribution in [-0.2, 0) is 6.54 Å². The minimum Gasteiger partial charge on any atom is -0.381 e. The Labute approximate surface area is 186 Å². The first kappa shape index (κ1) is 20.4. The van der Waals surface area contributed by atoms with E-state index < -0.39 is 11.6 Å². The van der Waals surface area contributed by atoms with Crippen molar-refractivity contribution < 1.29 is 8.78 Å². The van der Waals surface area contributed by atoms with E-state index in [0.717, 1.165) is 17.3 Å². The molecule has 0 fully saturated rings. The van der Waals surface area contributed by atoms with Gasteiger partial charge in [0.15, 0.2) is 5.65 Å². The van der Waals surface area contributed by atoms with Crippen LogP contribution in [0.25, 0.3) is 27.7 Å². The monoisotopic (exact) mass is 441 g/mol. The molecule has 0 spiro atoms. The van der Waals surface area contributed by atoms with Crippen molar-refractivity contribution in [3.8, 4) is 17.2 Å². The van der Waals surface area contributed by atoms with Crippen LogP contribution in [0.1, 0.15) is 16.8 Å². The predicted octanol–water partition coefficient (Wildman–Crippen LogP) is 4.91. The summed E-state index contributed by atoms with van der Waals surface area (Å²) in [4.78, 5) is 17.7. The Morgan fingerprint density at radius 2 is 1.88 bits per heavy atom. The van der Waals surface area contributed by atoms with Crippen molar-refractivity contribution in [2.45, 2.75) is 13.5 Å². The maximum absolute atomic E-state index is 14.5. The SMILES string of the molecule is Cc1[nH]n2c(=O)c3ccc(NCc4ccc(C#N)cc4)cc3nc2c1-c1ccc(F)cc1F. The van der Waals surface area contributed by atoms with Crippen LogP contribution < -0.4 is 10.9 Å². The lowest BCUT2D eigenvalue weighted by Gasteiger charge is -2.08. The average Bonchev–Trinajstić information content (AvgIpc) is 3.14. The van der Waals surface area contributed by atoms with E-state index in [1.165, 1.54) is 16.6 Å². The first-order valence-corrected chi connectivity index (χ1v) is 10.2. The van der Waals surface area contributed by atoms with E-state index >= 15 is 0 Å². The summed E-state index contributed by atoms with van der Waals surface area (Å²) >= 11 is 0. The van der Waals surface area contributed by atoms with Crippen LogP contribution in [0, 0.1) is 29.9 Å². The van der Waals surface area contributed by atoms with Crippen LogP contribution in [0.15, 0.2) is 65.5 Å². The predicted molar refractivity (Wildman–Crippen MR) is 122 cm³/mol. The summed E-state index contributed by atoms with van der Waals surface area (Å²) in [5.74, 6) is -1.41. The zero-order valence-electron chi connectivity index (χ0n) is 17.5. The lowest BCUT2D eigenvalue weighted by Crippen LogP contribution is -2.15. The summed E-state index contributed by atoms with van der Waals surface area (Å²) in [5.41, 5.74) is 3.85. The molecule has 0 bridgehead atoms. The average molecular weight is 441 g/mol. The van der Waals surface area contributed by atoms with E-state index in [1.807, 2.05) is 12.1 Å². The summed E-state index contributed by atoms with van der Waals surface area (Å²) in [7, 11) is 0. The third-order valence-electron chi connectivity index (χ3n) is 5.53. The van der Waals surface area contributed by atoms with Gasteiger partial charge in [0.05, 0.1) is 22.5 Å². The number of anilines is 1. The van der Waals surface area contributed by atoms with Crippen LogP contribution in [0.3, 0.4) is 0 Å². The fourth-order valence-electron chi connectivity index (χ4n) is 3.87. The van der Waals surface area contributed by atoms with Gasteiger partial charge in [0, 0.05) is 35.1 Å². The normalized spacial score (nSPS) is 11.1. The Bertz CT molecular complexity index is 1630. The molecule has 33 heavy (non-hydrogen) atoms. The van der Waals surface area contributed by atoms with E-state index in [-0.39, 0.29) is 16.8 Å². The summed E-state index contributed by atoms with van der Waals surface area (Å²) in [6, 6.07) is 17.9. The lowest BCUT2D eigenvalue weighted by atomic mass is 10.1. The molecule has 0 radical (unpaired) electrons. The molecule has 0 aliphatic carbocycles. The number of rotatable bonds is 4. The number of benzene rings is 3. The van der Waals surface area contributed by atoms with Gasteiger partial charge in [-0.05, 0) is 55.0 Å². The largest absolute Gasteiger partial charge is 0.381 e. The van der Waals surface area contributed by atoms with Crippen LogP contribution in [-0.4, -0.2) is 14.6 Å². The summed E-state index contributed by atoms with van der Waals surface area (Å²) < 4.78 is 29.2. The topological polar surface area (TPSA) is 86.0 Å². The molecule has 6 nitrogen and oxygen atoms in total. The van der Waals surface area contributed by atoms with Crippen LogP contribution >= 0.6 is 0 Å². The zero-order chi connectivity index (χ0) is 23.1. The number of hydrogen-bond acceptors (Lipinski definition) is 4. The highest BCUT2D eigenvalue weighted by atomic mass is 19.1. The van der Waals surface area contributed by atoms with Gasteiger partial charge in [-0.1, -0.05) is 12.1 Å². The maximum Gasteiger partial charge on any atom is 0.280 e. The number of aromatic nitrogens is 3. The maximum atomic E-state index is 14.5. The number of aryl methyl sites for hydroxylation is 1. The van der Waals surface area contributed by atoms with Crippen molar-refractivity contribution in [3.63, 3.8) is 0 Å². The van der Waals surface area contributed by atoms with Gasteiger partial charge in [0.1, 0.15) is 11.6 Å². The van der Waals surface area contributed by atoms with Crippen molar-refractivity contribution in [1.29, 1.82) is 5.26 Å². The third kappa shape index (κ3) is 3.59. The van der Waals surface area contributed by atoms with Crippen molar-refractivity contribution in [2.75, 3.05) is 5.32 Å². The first-order valence-electron chi connectivity index (χ1n) is 10.2. The molecule has 0 unspecified atom stereocenters. The number of hydrogen-bond donors (Lipinski definition) is 2. The van der Waals surface area contributed by atoms with Gasteiger partial charge in [-0.3, -0.25) is 9.89 Å². The van der Waals surface area contributed by atoms with E-state index in [4.69, 9.17) is 5.26 Å². The summed E-state index contributed by atoms with van der Waals surface area (Å²) in [6.45, 7) is 2.23. The van der Waals surface area contributed by atoms with E-state index in [1.54, 1.807) is 37.3 Å². The smallest absolute Gasteiger partial charge is 0.280 e. The minimum atomic E-state index is -0.730. The molecule has 3 aromatic carbocycles. The molecule has 0 aliphatic rings. The van der Waals surface area contributed by atoms with Gasteiger partial charge in [-0.2, -0.15) is 5.26 Å². The molecule has 162 valence electrons. The summed E-state index contributed by atoms with van der Waals surface area (Å²) in [6.07, 6.45) is 0. The van der Waals surface area contributed by atoms with E-state index in [0.29, 0.717) is 34.3 Å². The standard InChI is InChI=1S/C25H17F2N5O/c1-14-23(19-8-6-17(26)10-21(19)27)24-30-22-11-18(7-9-20(22)25(33)32(24)31-14)29-13-16-4-2-15(12-28)3-5-16/h2-11,29,31H,13H2,1H3. The van der Waals surface area contributed by atoms with Crippen molar-refractivity contribution in [1.82, 2.24) is 14.6 Å². The minimum absolute atomic E-state index is 0.161. The van der Waals surface area contributed by atoms with Gasteiger partial charge in [-0.25, -0.2) is 18.3 Å². The van der Waals surface area contributed by atoms with Crippen LogP contribution in [0.4, 0.5) is 14.5 Å². The summed E-state index contributed by atoms with van der Waals surface area (Å²) in [5, 5.41) is 15.5. The quantitative estimate of drug-likeness (QED) is 0.415. The Morgan fingerprint density at radius 3 is 2.61 bits per heavy atom. The Kier molecular flexibility index (Phi) is 4.87. The van der Waals surface area contributed by atoms with E-state index in [9.17, 15) is 13.6 Å². The van der Waals surface area contributed by atoms with Crippen molar-refractivity contribution in [3.05, 3.63) is 99.5 Å². The number of fused-ring (bicyclic) bond motifs is 2. The molecule has 0 saturated carbocycles. The van der Waals surface area contributed by atoms with Crippen LogP contribution in [0.5, 0.6) is 0 Å². The highest BCUT2D eigenvalue weighted by Crippen LogP contribution is 2.30. The molecule has 5 aromatic rings. The molecule has 8 heteroatoms. The number of nitrogens with one attached hydrogen (secondary N) is 2. The number of halogens is 2. The first-order chi connectivity index (χ1) is 15.9. The Balaban J connectivity index is 1.57. The van der Waals surface area contributed by atoms with Gasteiger partial charge in [-0.15, -0.1) is 0 Å². The fraction of sp³-hybridized carbons (Fsp3) is 0.0800. The van der Waals surface area contributed by atoms with Gasteiger partial charge < -0.3 is 5.32 Å². The second kappa shape index (κ2) is 7.88. The molecule has 2 heterocycles. The zero-order valence-corrected chi connectivity index (χ0v) is 17.5. The fourth-order valence-corrected chi connectivity index (χ4v) is 3.87. The van der Waals surface area contributed by atoms with Gasteiger partial charge >= 0.3 is 0 Å². The van der Waals surface area contributed by atoms with Gasteiger partial charge in [0.2, 0.25) is 0 Å². The highest BCUT2D eigenvalue weighted by molar-refractivity contribution is 5.88. The molecule has 0 aliphatic heterocycles. The molecule has 2 aromatic heterocycles. The Hall–Kier alpha value is -4.51. The third-order valence-corrected chi connectivity index (χ3v) is 5.53. The second-order valence-corrected chi connectivity index (χ2v) is 7.71.